The maximum atomic E-state index is 12.6. The third-order valence-electron chi connectivity index (χ3n) is 4.35. The van der Waals surface area contributed by atoms with E-state index < -0.39 is 66.3 Å². The van der Waals surface area contributed by atoms with Gasteiger partial charge in [-0.3, -0.25) is 19.2 Å². The number of carboxylic acid groups (broad SMARTS) is 1. The molecule has 0 fully saturated rings. The normalized spacial score (nSPS) is 17.0. The van der Waals surface area contributed by atoms with Crippen molar-refractivity contribution in [1.82, 2.24) is 16.0 Å². The Morgan fingerprint density at radius 2 is 1.41 bits per heavy atom. The predicted octanol–water partition coefficient (Wildman–Crippen LogP) is -2.83. The molecule has 0 rings (SSSR count). The molecule has 0 heterocycles. The van der Waals surface area contributed by atoms with Gasteiger partial charge in [-0.05, 0) is 19.8 Å². The van der Waals surface area contributed by atoms with E-state index in [4.69, 9.17) is 16.6 Å². The summed E-state index contributed by atoms with van der Waals surface area (Å²) >= 11 is 0. The topological polar surface area (TPSA) is 214 Å². The number of carbonyl (C=O) groups excluding carboxylic acids is 4. The fraction of sp³-hybridized carbons (Fsp3) is 0.706. The van der Waals surface area contributed by atoms with E-state index in [1.54, 1.807) is 13.8 Å². The first-order valence-electron chi connectivity index (χ1n) is 9.17. The number of hydrogen-bond acceptors (Lipinski definition) is 7. The Hall–Kier alpha value is -2.73. The van der Waals surface area contributed by atoms with Crippen molar-refractivity contribution in [3.05, 3.63) is 0 Å². The standard InChI is InChI=1S/C17H31N5O7/c1-5-7(2)12(21-15(26)10(18)6-11(19)24)16(27)20-8(3)14(25)22-13(9(4)23)17(28)29/h7-10,12-13,23H,5-6,18H2,1-4H3,(H2,19,24)(H,20,27)(H,21,26)(H,22,25)(H,28,29). The van der Waals surface area contributed by atoms with Crippen molar-refractivity contribution in [3.63, 3.8) is 0 Å². The summed E-state index contributed by atoms with van der Waals surface area (Å²) in [6, 6.07) is -4.96. The van der Waals surface area contributed by atoms with E-state index in [0.29, 0.717) is 6.42 Å². The molecule has 0 aliphatic heterocycles. The Morgan fingerprint density at radius 1 is 0.897 bits per heavy atom. The molecule has 12 nitrogen and oxygen atoms in total. The van der Waals surface area contributed by atoms with Gasteiger partial charge < -0.3 is 37.6 Å². The molecule has 0 bridgehead atoms. The third kappa shape index (κ3) is 8.87. The fourth-order valence-corrected chi connectivity index (χ4v) is 2.31. The molecule has 0 aliphatic carbocycles. The zero-order chi connectivity index (χ0) is 22.9. The number of rotatable bonds is 12. The number of primary amides is 1. The summed E-state index contributed by atoms with van der Waals surface area (Å²) in [5.74, 6) is -4.80. The third-order valence-corrected chi connectivity index (χ3v) is 4.35. The lowest BCUT2D eigenvalue weighted by Gasteiger charge is -2.27. The van der Waals surface area contributed by atoms with Crippen molar-refractivity contribution >= 4 is 29.6 Å². The van der Waals surface area contributed by atoms with Gasteiger partial charge in [0.25, 0.3) is 0 Å². The van der Waals surface area contributed by atoms with Crippen LogP contribution >= 0.6 is 0 Å². The molecule has 6 unspecified atom stereocenters. The minimum atomic E-state index is -1.54. The zero-order valence-electron chi connectivity index (χ0n) is 17.0. The lowest BCUT2D eigenvalue weighted by Crippen LogP contribution is -2.59. The molecule has 4 amide bonds. The first-order valence-corrected chi connectivity index (χ1v) is 9.17. The minimum absolute atomic E-state index is 0.334. The summed E-state index contributed by atoms with van der Waals surface area (Å²) in [4.78, 5) is 58.8. The van der Waals surface area contributed by atoms with Crippen molar-refractivity contribution in [2.45, 2.75) is 70.8 Å². The van der Waals surface area contributed by atoms with Gasteiger partial charge in [-0.1, -0.05) is 20.3 Å². The van der Waals surface area contributed by atoms with E-state index in [2.05, 4.69) is 16.0 Å². The molecule has 0 aromatic heterocycles. The van der Waals surface area contributed by atoms with Gasteiger partial charge in [-0.15, -0.1) is 0 Å². The minimum Gasteiger partial charge on any atom is -0.480 e. The molecule has 0 spiro atoms. The largest absolute Gasteiger partial charge is 0.480 e. The number of aliphatic carboxylic acids is 1. The van der Waals surface area contributed by atoms with E-state index in [1.807, 2.05) is 0 Å². The molecule has 166 valence electrons. The van der Waals surface area contributed by atoms with Crippen LogP contribution in [-0.4, -0.2) is 70.1 Å². The van der Waals surface area contributed by atoms with E-state index in [1.165, 1.54) is 13.8 Å². The summed E-state index contributed by atoms with van der Waals surface area (Å²) < 4.78 is 0. The number of aliphatic hydroxyl groups is 1. The lowest BCUT2D eigenvalue weighted by molar-refractivity contribution is -0.145. The van der Waals surface area contributed by atoms with Crippen LogP contribution in [0.2, 0.25) is 0 Å². The second kappa shape index (κ2) is 12.0. The summed E-state index contributed by atoms with van der Waals surface area (Å²) in [6.45, 7) is 6.01. The van der Waals surface area contributed by atoms with Crippen molar-refractivity contribution < 1.29 is 34.2 Å². The number of nitrogens with one attached hydrogen (secondary N) is 3. The van der Waals surface area contributed by atoms with Crippen LogP contribution in [0.15, 0.2) is 0 Å². The number of aliphatic hydroxyl groups excluding tert-OH is 1. The van der Waals surface area contributed by atoms with Gasteiger partial charge in [-0.25, -0.2) is 4.79 Å². The van der Waals surface area contributed by atoms with Gasteiger partial charge in [0.05, 0.1) is 18.6 Å². The fourth-order valence-electron chi connectivity index (χ4n) is 2.31. The van der Waals surface area contributed by atoms with E-state index >= 15 is 0 Å². The first kappa shape index (κ1) is 26.3. The van der Waals surface area contributed by atoms with Gasteiger partial charge in [0, 0.05) is 0 Å². The van der Waals surface area contributed by atoms with Crippen LogP contribution in [0.3, 0.4) is 0 Å². The van der Waals surface area contributed by atoms with Gasteiger partial charge in [-0.2, -0.15) is 0 Å². The van der Waals surface area contributed by atoms with Crippen LogP contribution in [0.5, 0.6) is 0 Å². The highest BCUT2D eigenvalue weighted by atomic mass is 16.4. The Balaban J connectivity index is 5.13. The average molecular weight is 417 g/mol. The van der Waals surface area contributed by atoms with E-state index in [0.717, 1.165) is 0 Å². The molecule has 0 saturated carbocycles. The summed E-state index contributed by atoms with van der Waals surface area (Å²) in [5, 5.41) is 25.4. The summed E-state index contributed by atoms with van der Waals surface area (Å²) in [6.07, 6.45) is -1.24. The SMILES string of the molecule is CCC(C)C(NC(=O)C(N)CC(N)=O)C(=O)NC(C)C(=O)NC(C(=O)O)C(C)O. The molecule has 0 aromatic rings. The summed E-state index contributed by atoms with van der Waals surface area (Å²) in [5.41, 5.74) is 10.6. The highest BCUT2D eigenvalue weighted by Gasteiger charge is 2.32. The average Bonchev–Trinajstić information content (AvgIpc) is 2.61. The Morgan fingerprint density at radius 3 is 1.83 bits per heavy atom. The van der Waals surface area contributed by atoms with Gasteiger partial charge in [0.15, 0.2) is 6.04 Å². The molecule has 6 atom stereocenters. The molecular formula is C17H31N5O7. The molecule has 9 N–H and O–H groups in total. The number of nitrogens with two attached hydrogens (primary N) is 2. The Bertz CT molecular complexity index is 625. The molecule has 12 heteroatoms. The zero-order valence-corrected chi connectivity index (χ0v) is 17.0. The van der Waals surface area contributed by atoms with Crippen molar-refractivity contribution in [1.29, 1.82) is 0 Å². The van der Waals surface area contributed by atoms with Crippen LogP contribution in [-0.2, 0) is 24.0 Å². The molecule has 0 radical (unpaired) electrons. The van der Waals surface area contributed by atoms with Crippen molar-refractivity contribution in [2.75, 3.05) is 0 Å². The lowest BCUT2D eigenvalue weighted by atomic mass is 9.97. The second-order valence-corrected chi connectivity index (χ2v) is 6.94. The smallest absolute Gasteiger partial charge is 0.328 e. The maximum absolute atomic E-state index is 12.6. The van der Waals surface area contributed by atoms with Gasteiger partial charge in [0.2, 0.25) is 23.6 Å². The van der Waals surface area contributed by atoms with Crippen LogP contribution < -0.4 is 27.4 Å². The second-order valence-electron chi connectivity index (χ2n) is 6.94. The molecule has 29 heavy (non-hydrogen) atoms. The number of amides is 4. The van der Waals surface area contributed by atoms with Crippen LogP contribution in [0.1, 0.15) is 40.5 Å². The van der Waals surface area contributed by atoms with Gasteiger partial charge >= 0.3 is 5.97 Å². The molecular weight excluding hydrogens is 386 g/mol. The number of hydrogen-bond donors (Lipinski definition) is 7. The molecule has 0 aliphatic rings. The molecule has 0 aromatic carbocycles. The van der Waals surface area contributed by atoms with E-state index in [9.17, 15) is 29.1 Å². The Labute approximate surface area is 168 Å². The monoisotopic (exact) mass is 417 g/mol. The van der Waals surface area contributed by atoms with Crippen molar-refractivity contribution in [2.24, 2.45) is 17.4 Å². The summed E-state index contributed by atoms with van der Waals surface area (Å²) in [7, 11) is 0. The van der Waals surface area contributed by atoms with Crippen LogP contribution in [0.4, 0.5) is 0 Å². The number of carbonyl (C=O) groups is 5. The van der Waals surface area contributed by atoms with E-state index in [-0.39, 0.29) is 5.92 Å². The first-order chi connectivity index (χ1) is 13.3. The van der Waals surface area contributed by atoms with Crippen molar-refractivity contribution in [3.8, 4) is 0 Å². The quantitative estimate of drug-likeness (QED) is 0.175. The highest BCUT2D eigenvalue weighted by Crippen LogP contribution is 2.09. The predicted molar refractivity (Wildman–Crippen MR) is 102 cm³/mol. The molecule has 0 saturated heterocycles. The maximum Gasteiger partial charge on any atom is 0.328 e. The van der Waals surface area contributed by atoms with Gasteiger partial charge in [0.1, 0.15) is 12.1 Å². The highest BCUT2D eigenvalue weighted by molar-refractivity contribution is 5.95. The van der Waals surface area contributed by atoms with Crippen LogP contribution in [0.25, 0.3) is 0 Å². The van der Waals surface area contributed by atoms with Crippen LogP contribution in [0, 0.1) is 5.92 Å². The number of carboxylic acids is 1. The Kier molecular flexibility index (Phi) is 10.8.